The third-order valence-corrected chi connectivity index (χ3v) is 3.25. The van der Waals surface area contributed by atoms with Gasteiger partial charge in [0, 0.05) is 6.54 Å². The molecule has 0 aromatic carbocycles. The van der Waals surface area contributed by atoms with Crippen LogP contribution < -0.4 is 5.32 Å². The van der Waals surface area contributed by atoms with Gasteiger partial charge in [-0.15, -0.1) is 5.10 Å². The molecule has 1 aromatic rings. The number of aromatic carboxylic acids is 1. The Morgan fingerprint density at radius 2 is 2.14 bits per heavy atom. The molecule has 116 valence electrons. The summed E-state index contributed by atoms with van der Waals surface area (Å²) in [6, 6.07) is 0.149. The smallest absolute Gasteiger partial charge is 0.407 e. The van der Waals surface area contributed by atoms with E-state index in [1.54, 1.807) is 4.68 Å². The molecule has 0 saturated heterocycles. The van der Waals surface area contributed by atoms with Crippen LogP contribution in [0.1, 0.15) is 50.1 Å². The molecule has 2 rings (SSSR count). The number of carboxylic acid groups (broad SMARTS) is 1. The average molecular weight is 296 g/mol. The van der Waals surface area contributed by atoms with Crippen molar-refractivity contribution >= 4 is 12.1 Å². The molecule has 0 radical (unpaired) electrons. The first-order valence-electron chi connectivity index (χ1n) is 6.86. The van der Waals surface area contributed by atoms with Gasteiger partial charge in [0.2, 0.25) is 0 Å². The zero-order valence-electron chi connectivity index (χ0n) is 12.4. The number of nitrogens with one attached hydrogen (secondary N) is 1. The monoisotopic (exact) mass is 296 g/mol. The van der Waals surface area contributed by atoms with Crippen LogP contribution in [0.25, 0.3) is 0 Å². The fraction of sp³-hybridized carbons (Fsp3) is 0.692. The van der Waals surface area contributed by atoms with Crippen LogP contribution in [-0.2, 0) is 4.74 Å². The van der Waals surface area contributed by atoms with Crippen LogP contribution >= 0.6 is 0 Å². The SMILES string of the molecule is CC(C)(C)OC(=O)NCC1CC(n2cc(C(=O)O)nn2)C1. The maximum Gasteiger partial charge on any atom is 0.407 e. The average Bonchev–Trinajstić information content (AvgIpc) is 2.73. The van der Waals surface area contributed by atoms with Crippen molar-refractivity contribution in [3.8, 4) is 0 Å². The zero-order valence-corrected chi connectivity index (χ0v) is 12.4. The second-order valence-corrected chi connectivity index (χ2v) is 6.26. The summed E-state index contributed by atoms with van der Waals surface area (Å²) in [5.74, 6) is -0.733. The Hall–Kier alpha value is -2.12. The van der Waals surface area contributed by atoms with Crippen molar-refractivity contribution in [1.82, 2.24) is 20.3 Å². The van der Waals surface area contributed by atoms with Gasteiger partial charge in [0.05, 0.1) is 12.2 Å². The molecular formula is C13H20N4O4. The highest BCUT2D eigenvalue weighted by molar-refractivity contribution is 5.84. The van der Waals surface area contributed by atoms with Gasteiger partial charge in [-0.1, -0.05) is 5.21 Å². The van der Waals surface area contributed by atoms with E-state index in [-0.39, 0.29) is 11.7 Å². The number of nitrogens with zero attached hydrogens (tertiary/aromatic N) is 3. The molecule has 1 aliphatic rings. The molecule has 1 aliphatic carbocycles. The summed E-state index contributed by atoms with van der Waals surface area (Å²) in [7, 11) is 0. The van der Waals surface area contributed by atoms with Gasteiger partial charge in [-0.2, -0.15) is 0 Å². The normalized spacial score (nSPS) is 21.5. The van der Waals surface area contributed by atoms with Crippen molar-refractivity contribution in [3.63, 3.8) is 0 Å². The third kappa shape index (κ3) is 4.17. The van der Waals surface area contributed by atoms with Gasteiger partial charge in [0.25, 0.3) is 0 Å². The lowest BCUT2D eigenvalue weighted by molar-refractivity contribution is 0.0496. The van der Waals surface area contributed by atoms with E-state index < -0.39 is 17.7 Å². The van der Waals surface area contributed by atoms with E-state index in [0.29, 0.717) is 12.5 Å². The molecule has 0 bridgehead atoms. The van der Waals surface area contributed by atoms with Crippen LogP contribution in [0.2, 0.25) is 0 Å². The molecule has 21 heavy (non-hydrogen) atoms. The minimum atomic E-state index is -1.08. The Morgan fingerprint density at radius 1 is 1.48 bits per heavy atom. The second-order valence-electron chi connectivity index (χ2n) is 6.26. The number of amides is 1. The maximum atomic E-state index is 11.5. The first-order valence-corrected chi connectivity index (χ1v) is 6.86. The first-order chi connectivity index (χ1) is 9.74. The molecule has 8 nitrogen and oxygen atoms in total. The van der Waals surface area contributed by atoms with Crippen molar-refractivity contribution in [1.29, 1.82) is 0 Å². The summed E-state index contributed by atoms with van der Waals surface area (Å²) in [6.07, 6.45) is 2.68. The Morgan fingerprint density at radius 3 is 2.67 bits per heavy atom. The summed E-state index contributed by atoms with van der Waals surface area (Å²) in [6.45, 7) is 6.00. The maximum absolute atomic E-state index is 11.5. The molecule has 0 atom stereocenters. The standard InChI is InChI=1S/C13H20N4O4/c1-13(2,3)21-12(20)14-6-8-4-9(5-8)17-7-10(11(18)19)15-16-17/h7-9H,4-6H2,1-3H3,(H,14,20)(H,18,19). The van der Waals surface area contributed by atoms with E-state index >= 15 is 0 Å². The lowest BCUT2D eigenvalue weighted by Gasteiger charge is -2.35. The molecular weight excluding hydrogens is 276 g/mol. The third-order valence-electron chi connectivity index (χ3n) is 3.25. The number of carboxylic acids is 1. The highest BCUT2D eigenvalue weighted by Crippen LogP contribution is 2.36. The van der Waals surface area contributed by atoms with Gasteiger partial charge in [-0.25, -0.2) is 14.3 Å². The fourth-order valence-corrected chi connectivity index (χ4v) is 2.18. The molecule has 1 fully saturated rings. The van der Waals surface area contributed by atoms with E-state index in [2.05, 4.69) is 15.6 Å². The molecule has 1 saturated carbocycles. The van der Waals surface area contributed by atoms with Crippen LogP contribution in [0.15, 0.2) is 6.20 Å². The van der Waals surface area contributed by atoms with Crippen molar-refractivity contribution < 1.29 is 19.4 Å². The summed E-state index contributed by atoms with van der Waals surface area (Å²) >= 11 is 0. The lowest BCUT2D eigenvalue weighted by Crippen LogP contribution is -2.39. The molecule has 1 amide bonds. The van der Waals surface area contributed by atoms with E-state index in [1.165, 1.54) is 6.20 Å². The molecule has 0 aliphatic heterocycles. The highest BCUT2D eigenvalue weighted by atomic mass is 16.6. The number of rotatable bonds is 4. The predicted octanol–water partition coefficient (Wildman–Crippen LogP) is 1.45. The number of alkyl carbamates (subject to hydrolysis) is 1. The van der Waals surface area contributed by atoms with Crippen LogP contribution in [0.5, 0.6) is 0 Å². The minimum absolute atomic E-state index is 0.0506. The summed E-state index contributed by atoms with van der Waals surface area (Å²) in [4.78, 5) is 22.2. The van der Waals surface area contributed by atoms with E-state index in [4.69, 9.17) is 9.84 Å². The van der Waals surface area contributed by atoms with Crippen molar-refractivity contribution in [2.75, 3.05) is 6.54 Å². The zero-order chi connectivity index (χ0) is 15.6. The molecule has 2 N–H and O–H groups in total. The van der Waals surface area contributed by atoms with Crippen LogP contribution in [0.3, 0.4) is 0 Å². The Balaban J connectivity index is 1.71. The van der Waals surface area contributed by atoms with Crippen molar-refractivity contribution in [3.05, 3.63) is 11.9 Å². The number of hydrogen-bond donors (Lipinski definition) is 2. The number of ether oxygens (including phenoxy) is 1. The Kier molecular flexibility index (Phi) is 4.15. The molecule has 8 heteroatoms. The number of hydrogen-bond acceptors (Lipinski definition) is 5. The lowest BCUT2D eigenvalue weighted by atomic mass is 9.80. The van der Waals surface area contributed by atoms with E-state index in [1.807, 2.05) is 20.8 Å². The Bertz CT molecular complexity index is 529. The number of carbonyl (C=O) groups excluding carboxylic acids is 1. The van der Waals surface area contributed by atoms with Gasteiger partial charge in [0.1, 0.15) is 5.60 Å². The van der Waals surface area contributed by atoms with Crippen LogP contribution in [0.4, 0.5) is 4.79 Å². The van der Waals surface area contributed by atoms with Crippen LogP contribution in [-0.4, -0.2) is 44.3 Å². The molecule has 1 heterocycles. The van der Waals surface area contributed by atoms with Gasteiger partial charge >= 0.3 is 12.1 Å². The molecule has 1 aromatic heterocycles. The minimum Gasteiger partial charge on any atom is -0.476 e. The molecule has 0 unspecified atom stereocenters. The first kappa shape index (κ1) is 15.3. The molecule has 0 spiro atoms. The van der Waals surface area contributed by atoms with Gasteiger partial charge < -0.3 is 15.2 Å². The fourth-order valence-electron chi connectivity index (χ4n) is 2.18. The van der Waals surface area contributed by atoms with Crippen molar-refractivity contribution in [2.45, 2.75) is 45.3 Å². The predicted molar refractivity (Wildman–Crippen MR) is 73.0 cm³/mol. The van der Waals surface area contributed by atoms with Crippen LogP contribution in [0, 0.1) is 5.92 Å². The van der Waals surface area contributed by atoms with Crippen molar-refractivity contribution in [2.24, 2.45) is 5.92 Å². The number of aromatic nitrogens is 3. The largest absolute Gasteiger partial charge is 0.476 e. The van der Waals surface area contributed by atoms with Gasteiger partial charge in [-0.3, -0.25) is 0 Å². The Labute approximate surface area is 122 Å². The summed E-state index contributed by atoms with van der Waals surface area (Å²) in [5, 5.41) is 18.9. The summed E-state index contributed by atoms with van der Waals surface area (Å²) in [5.41, 5.74) is -0.550. The quantitative estimate of drug-likeness (QED) is 0.871. The van der Waals surface area contributed by atoms with Gasteiger partial charge in [-0.05, 0) is 39.5 Å². The van der Waals surface area contributed by atoms with Gasteiger partial charge in [0.15, 0.2) is 5.69 Å². The highest BCUT2D eigenvalue weighted by Gasteiger charge is 2.32. The van der Waals surface area contributed by atoms with E-state index in [9.17, 15) is 9.59 Å². The topological polar surface area (TPSA) is 106 Å². The van der Waals surface area contributed by atoms with E-state index in [0.717, 1.165) is 12.8 Å². The second kappa shape index (κ2) is 5.71. The summed E-state index contributed by atoms with van der Waals surface area (Å²) < 4.78 is 6.73. The number of carbonyl (C=O) groups is 2.